The van der Waals surface area contributed by atoms with Gasteiger partial charge in [-0.25, -0.2) is 8.42 Å². The monoisotopic (exact) mass is 325 g/mol. The van der Waals surface area contributed by atoms with Crippen LogP contribution in [0.5, 0.6) is 0 Å². The fourth-order valence-electron chi connectivity index (χ4n) is 2.27. The summed E-state index contributed by atoms with van der Waals surface area (Å²) in [6, 6.07) is 7.35. The van der Waals surface area contributed by atoms with Crippen molar-refractivity contribution in [3.8, 4) is 0 Å². The Kier molecular flexibility index (Phi) is 3.77. The van der Waals surface area contributed by atoms with Crippen molar-refractivity contribution in [1.82, 2.24) is 14.5 Å². The van der Waals surface area contributed by atoms with Gasteiger partial charge in [-0.3, -0.25) is 5.10 Å². The van der Waals surface area contributed by atoms with Crippen LogP contribution in [0.3, 0.4) is 0 Å². The Morgan fingerprint density at radius 2 is 2.00 bits per heavy atom. The highest BCUT2D eigenvalue weighted by atomic mass is 35.5. The first kappa shape index (κ1) is 14.6. The van der Waals surface area contributed by atoms with E-state index in [1.165, 1.54) is 6.20 Å². The highest BCUT2D eigenvalue weighted by Gasteiger charge is 2.39. The third-order valence-electron chi connectivity index (χ3n) is 3.58. The van der Waals surface area contributed by atoms with Gasteiger partial charge in [0, 0.05) is 17.6 Å². The first-order chi connectivity index (χ1) is 9.98. The normalized spacial score (nSPS) is 15.6. The average molecular weight is 326 g/mol. The lowest BCUT2D eigenvalue weighted by molar-refractivity contribution is 0.398. The molecule has 1 heterocycles. The molecule has 1 fully saturated rings. The first-order valence-corrected chi connectivity index (χ1v) is 8.56. The van der Waals surface area contributed by atoms with Crippen LogP contribution in [0, 0.1) is 6.92 Å². The lowest BCUT2D eigenvalue weighted by atomic mass is 10.2. The van der Waals surface area contributed by atoms with Gasteiger partial charge in [-0.05, 0) is 37.5 Å². The van der Waals surface area contributed by atoms with E-state index in [4.69, 9.17) is 11.6 Å². The van der Waals surface area contributed by atoms with Gasteiger partial charge in [-0.1, -0.05) is 23.7 Å². The van der Waals surface area contributed by atoms with E-state index >= 15 is 0 Å². The molecular weight excluding hydrogens is 310 g/mol. The molecule has 0 saturated heterocycles. The molecule has 0 atom stereocenters. The van der Waals surface area contributed by atoms with Gasteiger partial charge in [-0.2, -0.15) is 9.40 Å². The van der Waals surface area contributed by atoms with Crippen LogP contribution in [0.2, 0.25) is 5.02 Å². The Morgan fingerprint density at radius 1 is 1.33 bits per heavy atom. The topological polar surface area (TPSA) is 66.1 Å². The van der Waals surface area contributed by atoms with Gasteiger partial charge >= 0.3 is 0 Å². The second-order valence-corrected chi connectivity index (χ2v) is 7.56. The average Bonchev–Trinajstić information content (AvgIpc) is 3.18. The summed E-state index contributed by atoms with van der Waals surface area (Å²) < 4.78 is 27.2. The molecular formula is C14H16ClN3O2S. The second kappa shape index (κ2) is 5.44. The van der Waals surface area contributed by atoms with E-state index in [2.05, 4.69) is 10.2 Å². The molecule has 7 heteroatoms. The Morgan fingerprint density at radius 3 is 2.52 bits per heavy atom. The first-order valence-electron chi connectivity index (χ1n) is 6.75. The van der Waals surface area contributed by atoms with Gasteiger partial charge in [0.2, 0.25) is 10.0 Å². The van der Waals surface area contributed by atoms with Crippen molar-refractivity contribution in [3.05, 3.63) is 46.7 Å². The summed E-state index contributed by atoms with van der Waals surface area (Å²) in [5, 5.41) is 7.15. The van der Waals surface area contributed by atoms with Crippen LogP contribution in [0.4, 0.5) is 0 Å². The maximum atomic E-state index is 12.8. The number of benzene rings is 1. The molecule has 1 aliphatic carbocycles. The summed E-state index contributed by atoms with van der Waals surface area (Å²) >= 11 is 5.87. The minimum Gasteiger partial charge on any atom is -0.281 e. The lowest BCUT2D eigenvalue weighted by Crippen LogP contribution is -2.32. The largest absolute Gasteiger partial charge is 0.281 e. The smallest absolute Gasteiger partial charge is 0.247 e. The van der Waals surface area contributed by atoms with Crippen LogP contribution in [-0.4, -0.2) is 29.0 Å². The van der Waals surface area contributed by atoms with Crippen LogP contribution in [0.15, 0.2) is 35.4 Å². The summed E-state index contributed by atoms with van der Waals surface area (Å²) in [5.74, 6) is 0. The zero-order valence-electron chi connectivity index (χ0n) is 11.6. The number of hydrogen-bond donors (Lipinski definition) is 1. The number of sulfonamides is 1. The van der Waals surface area contributed by atoms with Crippen LogP contribution in [0.1, 0.15) is 24.1 Å². The number of aryl methyl sites for hydroxylation is 1. The number of aromatic nitrogens is 2. The van der Waals surface area contributed by atoms with Gasteiger partial charge in [0.15, 0.2) is 0 Å². The predicted octanol–water partition coefficient (Wildman–Crippen LogP) is 2.72. The standard InChI is InChI=1S/C14H16ClN3O2S/c1-10-14(8-16-17-10)21(19,20)18(13-6-7-13)9-11-2-4-12(15)5-3-11/h2-5,8,13H,6-7,9H2,1H3,(H,16,17). The van der Waals surface area contributed by atoms with Gasteiger partial charge < -0.3 is 0 Å². The number of halogens is 1. The second-order valence-electron chi connectivity index (χ2n) is 5.27. The van der Waals surface area contributed by atoms with Crippen molar-refractivity contribution < 1.29 is 8.42 Å². The van der Waals surface area contributed by atoms with E-state index in [9.17, 15) is 8.42 Å². The van der Waals surface area contributed by atoms with Crippen molar-refractivity contribution in [3.63, 3.8) is 0 Å². The molecule has 1 saturated carbocycles. The van der Waals surface area contributed by atoms with E-state index < -0.39 is 10.0 Å². The molecule has 0 unspecified atom stereocenters. The molecule has 0 amide bonds. The zero-order chi connectivity index (χ0) is 15.0. The quantitative estimate of drug-likeness (QED) is 0.919. The number of H-pyrrole nitrogens is 1. The summed E-state index contributed by atoms with van der Waals surface area (Å²) in [6.45, 7) is 2.07. The van der Waals surface area contributed by atoms with Crippen LogP contribution in [0.25, 0.3) is 0 Å². The zero-order valence-corrected chi connectivity index (χ0v) is 13.2. The third-order valence-corrected chi connectivity index (χ3v) is 5.84. The van der Waals surface area contributed by atoms with Crippen LogP contribution in [-0.2, 0) is 16.6 Å². The number of hydrogen-bond acceptors (Lipinski definition) is 3. The van der Waals surface area contributed by atoms with E-state index in [0.29, 0.717) is 17.3 Å². The minimum absolute atomic E-state index is 0.0833. The third kappa shape index (κ3) is 2.97. The molecule has 1 aromatic carbocycles. The van der Waals surface area contributed by atoms with Gasteiger partial charge in [0.1, 0.15) is 4.90 Å². The Bertz CT molecular complexity index is 736. The molecule has 0 radical (unpaired) electrons. The van der Waals surface area contributed by atoms with Crippen molar-refractivity contribution in [2.75, 3.05) is 0 Å². The summed E-state index contributed by atoms with van der Waals surface area (Å²) in [5.41, 5.74) is 1.49. The number of rotatable bonds is 5. The Hall–Kier alpha value is -1.37. The minimum atomic E-state index is -3.53. The van der Waals surface area contributed by atoms with E-state index in [1.807, 2.05) is 12.1 Å². The van der Waals surface area contributed by atoms with Crippen LogP contribution >= 0.6 is 11.6 Å². The number of nitrogens with one attached hydrogen (secondary N) is 1. The lowest BCUT2D eigenvalue weighted by Gasteiger charge is -2.21. The maximum absolute atomic E-state index is 12.8. The summed E-state index contributed by atoms with van der Waals surface area (Å²) in [7, 11) is -3.53. The van der Waals surface area contributed by atoms with Gasteiger partial charge in [0.25, 0.3) is 0 Å². The SMILES string of the molecule is Cc1[nH]ncc1S(=O)(=O)N(Cc1ccc(Cl)cc1)C1CC1. The predicted molar refractivity (Wildman–Crippen MR) is 80.5 cm³/mol. The molecule has 1 aromatic heterocycles. The van der Waals surface area contributed by atoms with E-state index in [1.54, 1.807) is 23.4 Å². The van der Waals surface area contributed by atoms with Crippen LogP contribution < -0.4 is 0 Å². The number of aromatic amines is 1. The molecule has 5 nitrogen and oxygen atoms in total. The number of nitrogens with zero attached hydrogens (tertiary/aromatic N) is 2. The molecule has 0 aliphatic heterocycles. The van der Waals surface area contributed by atoms with E-state index in [0.717, 1.165) is 18.4 Å². The molecule has 1 N–H and O–H groups in total. The molecule has 0 bridgehead atoms. The molecule has 112 valence electrons. The van der Waals surface area contributed by atoms with Gasteiger partial charge in [0.05, 0.1) is 11.9 Å². The molecule has 1 aliphatic rings. The van der Waals surface area contributed by atoms with Crippen molar-refractivity contribution in [2.24, 2.45) is 0 Å². The van der Waals surface area contributed by atoms with Crippen molar-refractivity contribution in [1.29, 1.82) is 0 Å². The summed E-state index contributed by atoms with van der Waals surface area (Å²) in [6.07, 6.45) is 3.19. The molecule has 0 spiro atoms. The highest BCUT2D eigenvalue weighted by molar-refractivity contribution is 7.89. The van der Waals surface area contributed by atoms with Crippen molar-refractivity contribution in [2.45, 2.75) is 37.2 Å². The molecule has 3 rings (SSSR count). The fraction of sp³-hybridized carbons (Fsp3) is 0.357. The fourth-order valence-corrected chi connectivity index (χ4v) is 4.19. The Labute approximate surface area is 129 Å². The van der Waals surface area contributed by atoms with Crippen molar-refractivity contribution >= 4 is 21.6 Å². The molecule has 21 heavy (non-hydrogen) atoms. The Balaban J connectivity index is 1.91. The van der Waals surface area contributed by atoms with E-state index in [-0.39, 0.29) is 10.9 Å². The summed E-state index contributed by atoms with van der Waals surface area (Å²) in [4.78, 5) is 0.253. The highest BCUT2D eigenvalue weighted by Crippen LogP contribution is 2.34. The molecule has 2 aromatic rings. The maximum Gasteiger partial charge on any atom is 0.247 e. The van der Waals surface area contributed by atoms with Gasteiger partial charge in [-0.15, -0.1) is 0 Å².